The zero-order valence-corrected chi connectivity index (χ0v) is 8.41. The van der Waals surface area contributed by atoms with E-state index >= 15 is 0 Å². The lowest BCUT2D eigenvalue weighted by molar-refractivity contribution is 0.0863. The van der Waals surface area contributed by atoms with E-state index in [1.54, 1.807) is 0 Å². The monoisotopic (exact) mass is 183 g/mol. The fraction of sp³-hybridized carbons (Fsp3) is 1.00. The van der Waals surface area contributed by atoms with Gasteiger partial charge in [0, 0.05) is 6.54 Å². The molecule has 3 nitrogen and oxygen atoms in total. The van der Waals surface area contributed by atoms with Gasteiger partial charge in [-0.15, -0.1) is 0 Å². The molecule has 0 aromatic carbocycles. The van der Waals surface area contributed by atoms with Crippen LogP contribution in [0, 0.1) is 0 Å². The van der Waals surface area contributed by atoms with Crippen LogP contribution >= 0.6 is 0 Å². The maximum atomic E-state index is 5.85. The van der Waals surface area contributed by atoms with E-state index in [1.807, 2.05) is 0 Å². The Morgan fingerprint density at radius 2 is 1.23 bits per heavy atom. The van der Waals surface area contributed by atoms with Gasteiger partial charge in [0.25, 0.3) is 0 Å². The molecule has 0 radical (unpaired) electrons. The van der Waals surface area contributed by atoms with Crippen molar-refractivity contribution in [1.82, 2.24) is 9.80 Å². The number of nitrogens with zero attached hydrogens (tertiary/aromatic N) is 2. The lowest BCUT2D eigenvalue weighted by atomic mass is 10.3. The third kappa shape index (κ3) is 2.03. The first-order chi connectivity index (χ1) is 6.42. The zero-order chi connectivity index (χ0) is 9.10. The van der Waals surface area contributed by atoms with Gasteiger partial charge in [0.1, 0.15) is 0 Å². The van der Waals surface area contributed by atoms with Gasteiger partial charge >= 0.3 is 0 Å². The minimum Gasteiger partial charge on any atom is -0.328 e. The largest absolute Gasteiger partial charge is 0.328 e. The first-order valence-corrected chi connectivity index (χ1v) is 5.60. The van der Waals surface area contributed by atoms with E-state index in [2.05, 4.69) is 9.80 Å². The number of likely N-dealkylation sites (tertiary alicyclic amines) is 2. The van der Waals surface area contributed by atoms with Crippen LogP contribution in [0.25, 0.3) is 0 Å². The fourth-order valence-corrected chi connectivity index (χ4v) is 2.61. The smallest absolute Gasteiger partial charge is 0.0748 e. The second-order valence-corrected chi connectivity index (χ2v) is 4.20. The molecule has 0 atom stereocenters. The molecule has 3 heteroatoms. The maximum Gasteiger partial charge on any atom is 0.0748 e. The molecule has 2 fully saturated rings. The first kappa shape index (κ1) is 9.44. The normalized spacial score (nSPS) is 26.3. The molecule has 0 unspecified atom stereocenters. The third-order valence-corrected chi connectivity index (χ3v) is 3.34. The molecule has 13 heavy (non-hydrogen) atoms. The van der Waals surface area contributed by atoms with Crippen molar-refractivity contribution in [1.29, 1.82) is 0 Å². The van der Waals surface area contributed by atoms with Gasteiger partial charge in [0.05, 0.1) is 6.17 Å². The highest BCUT2D eigenvalue weighted by Gasteiger charge is 2.27. The van der Waals surface area contributed by atoms with Crippen molar-refractivity contribution in [3.05, 3.63) is 0 Å². The molecule has 0 bridgehead atoms. The van der Waals surface area contributed by atoms with E-state index in [0.717, 1.165) is 6.54 Å². The van der Waals surface area contributed by atoms with Crippen LogP contribution in [0.15, 0.2) is 0 Å². The molecule has 2 heterocycles. The highest BCUT2D eigenvalue weighted by atomic mass is 15.4. The molecule has 0 aromatic heterocycles. The standard InChI is InChI=1S/C10H21N3/c11-9-10(12-5-1-2-6-12)13-7-3-4-8-13/h10H,1-9,11H2. The summed E-state index contributed by atoms with van der Waals surface area (Å²) in [6, 6.07) is 0. The van der Waals surface area contributed by atoms with Gasteiger partial charge in [-0.3, -0.25) is 9.80 Å². The predicted molar refractivity (Wildman–Crippen MR) is 54.5 cm³/mol. The van der Waals surface area contributed by atoms with Crippen molar-refractivity contribution < 1.29 is 0 Å². The fourth-order valence-electron chi connectivity index (χ4n) is 2.61. The van der Waals surface area contributed by atoms with Crippen molar-refractivity contribution >= 4 is 0 Å². The highest BCUT2D eigenvalue weighted by Crippen LogP contribution is 2.18. The summed E-state index contributed by atoms with van der Waals surface area (Å²) >= 11 is 0. The van der Waals surface area contributed by atoms with Crippen molar-refractivity contribution in [3.8, 4) is 0 Å². The lowest BCUT2D eigenvalue weighted by Gasteiger charge is -2.34. The quantitative estimate of drug-likeness (QED) is 0.690. The van der Waals surface area contributed by atoms with Gasteiger partial charge in [-0.1, -0.05) is 0 Å². The van der Waals surface area contributed by atoms with Gasteiger partial charge in [0.15, 0.2) is 0 Å². The van der Waals surface area contributed by atoms with Crippen LogP contribution < -0.4 is 5.73 Å². The van der Waals surface area contributed by atoms with Crippen LogP contribution in [-0.4, -0.2) is 48.7 Å². The molecule has 2 saturated heterocycles. The molecular formula is C10H21N3. The molecule has 2 aliphatic rings. The van der Waals surface area contributed by atoms with Gasteiger partial charge in [-0.25, -0.2) is 0 Å². The van der Waals surface area contributed by atoms with Crippen molar-refractivity contribution in [2.75, 3.05) is 32.7 Å². The summed E-state index contributed by atoms with van der Waals surface area (Å²) < 4.78 is 0. The Morgan fingerprint density at radius 3 is 1.54 bits per heavy atom. The average Bonchev–Trinajstić information content (AvgIpc) is 2.76. The van der Waals surface area contributed by atoms with Crippen LogP contribution in [-0.2, 0) is 0 Å². The van der Waals surface area contributed by atoms with Crippen LogP contribution in [0.3, 0.4) is 0 Å². The van der Waals surface area contributed by atoms with Crippen LogP contribution in [0.4, 0.5) is 0 Å². The van der Waals surface area contributed by atoms with Crippen molar-refractivity contribution in [3.63, 3.8) is 0 Å². The van der Waals surface area contributed by atoms with E-state index in [9.17, 15) is 0 Å². The Hall–Kier alpha value is -0.120. The number of hydrogen-bond donors (Lipinski definition) is 1. The summed E-state index contributed by atoms with van der Waals surface area (Å²) in [7, 11) is 0. The number of hydrogen-bond acceptors (Lipinski definition) is 3. The minimum absolute atomic E-state index is 0.546. The summed E-state index contributed by atoms with van der Waals surface area (Å²) in [5.74, 6) is 0. The lowest BCUT2D eigenvalue weighted by Crippen LogP contribution is -2.50. The second kappa shape index (κ2) is 4.40. The number of nitrogens with two attached hydrogens (primary N) is 1. The average molecular weight is 183 g/mol. The molecule has 0 aromatic rings. The summed E-state index contributed by atoms with van der Waals surface area (Å²) in [6.45, 7) is 5.85. The van der Waals surface area contributed by atoms with E-state index < -0.39 is 0 Å². The van der Waals surface area contributed by atoms with Gasteiger partial charge in [0.2, 0.25) is 0 Å². The Kier molecular flexibility index (Phi) is 3.19. The Morgan fingerprint density at radius 1 is 0.846 bits per heavy atom. The molecule has 0 spiro atoms. The maximum absolute atomic E-state index is 5.85. The summed E-state index contributed by atoms with van der Waals surface area (Å²) in [4.78, 5) is 5.12. The third-order valence-electron chi connectivity index (χ3n) is 3.34. The van der Waals surface area contributed by atoms with Gasteiger partial charge in [-0.05, 0) is 51.9 Å². The first-order valence-electron chi connectivity index (χ1n) is 5.60. The summed E-state index contributed by atoms with van der Waals surface area (Å²) in [5.41, 5.74) is 5.85. The highest BCUT2D eigenvalue weighted by molar-refractivity contribution is 4.80. The van der Waals surface area contributed by atoms with E-state index in [4.69, 9.17) is 5.73 Å². The summed E-state index contributed by atoms with van der Waals surface area (Å²) in [5, 5.41) is 0. The second-order valence-electron chi connectivity index (χ2n) is 4.20. The molecule has 0 amide bonds. The molecule has 0 saturated carbocycles. The molecular weight excluding hydrogens is 162 g/mol. The molecule has 2 rings (SSSR count). The van der Waals surface area contributed by atoms with Crippen LogP contribution in [0.1, 0.15) is 25.7 Å². The molecule has 2 aliphatic heterocycles. The Bertz CT molecular complexity index is 132. The molecule has 2 N–H and O–H groups in total. The molecule has 76 valence electrons. The van der Waals surface area contributed by atoms with E-state index in [-0.39, 0.29) is 0 Å². The topological polar surface area (TPSA) is 32.5 Å². The SMILES string of the molecule is NCC(N1CCCC1)N1CCCC1. The minimum atomic E-state index is 0.546. The zero-order valence-electron chi connectivity index (χ0n) is 8.41. The van der Waals surface area contributed by atoms with Crippen molar-refractivity contribution in [2.45, 2.75) is 31.8 Å². The van der Waals surface area contributed by atoms with Gasteiger partial charge in [-0.2, -0.15) is 0 Å². The predicted octanol–water partition coefficient (Wildman–Crippen LogP) is 0.463. The van der Waals surface area contributed by atoms with Gasteiger partial charge < -0.3 is 5.73 Å². The van der Waals surface area contributed by atoms with Crippen LogP contribution in [0.5, 0.6) is 0 Å². The van der Waals surface area contributed by atoms with E-state index in [1.165, 1.54) is 51.9 Å². The molecule has 0 aliphatic carbocycles. The van der Waals surface area contributed by atoms with Crippen LogP contribution in [0.2, 0.25) is 0 Å². The Labute approximate surface area is 80.9 Å². The van der Waals surface area contributed by atoms with Crippen molar-refractivity contribution in [2.24, 2.45) is 5.73 Å². The summed E-state index contributed by atoms with van der Waals surface area (Å²) in [6.07, 6.45) is 6.01. The number of rotatable bonds is 3. The van der Waals surface area contributed by atoms with E-state index in [0.29, 0.717) is 6.17 Å². The Balaban J connectivity index is 1.90.